The van der Waals surface area contributed by atoms with Gasteiger partial charge < -0.3 is 15.4 Å². The normalized spacial score (nSPS) is 12.9. The Hall–Kier alpha value is -2.49. The smallest absolute Gasteiger partial charge is 0.341 e. The molecule has 10 heteroatoms. The lowest BCUT2D eigenvalue weighted by atomic mass is 9.95. The summed E-state index contributed by atoms with van der Waals surface area (Å²) in [6.07, 6.45) is 5.69. The van der Waals surface area contributed by atoms with Crippen molar-refractivity contribution in [1.29, 1.82) is 0 Å². The monoisotopic (exact) mass is 478 g/mol. The molecule has 4 rings (SSSR count). The molecule has 1 aromatic carbocycles. The van der Waals surface area contributed by atoms with E-state index in [1.807, 2.05) is 0 Å². The van der Waals surface area contributed by atoms with Crippen molar-refractivity contribution in [2.45, 2.75) is 32.2 Å². The van der Waals surface area contributed by atoms with Gasteiger partial charge in [0.25, 0.3) is 0 Å². The molecule has 3 aromatic rings. The van der Waals surface area contributed by atoms with Gasteiger partial charge >= 0.3 is 5.97 Å². The first-order valence-corrected chi connectivity index (χ1v) is 11.3. The van der Waals surface area contributed by atoms with Gasteiger partial charge in [-0.2, -0.15) is 5.10 Å². The molecule has 0 saturated carbocycles. The lowest BCUT2D eigenvalue weighted by molar-refractivity contribution is 0.0601. The molecule has 1 aliphatic rings. The van der Waals surface area contributed by atoms with Crippen LogP contribution in [0.5, 0.6) is 0 Å². The van der Waals surface area contributed by atoms with Crippen LogP contribution in [0.15, 0.2) is 30.5 Å². The Morgan fingerprint density at radius 3 is 2.90 bits per heavy atom. The summed E-state index contributed by atoms with van der Waals surface area (Å²) in [6.45, 7) is 0.192. The van der Waals surface area contributed by atoms with E-state index in [9.17, 15) is 9.18 Å². The number of ether oxygens (including phenoxy) is 1. The summed E-state index contributed by atoms with van der Waals surface area (Å²) in [5, 5.41) is 11.8. The minimum absolute atomic E-state index is 0.192. The number of aryl methyl sites for hydroxylation is 1. The third-order valence-electron chi connectivity index (χ3n) is 5.05. The quantitative estimate of drug-likeness (QED) is 0.385. The van der Waals surface area contributed by atoms with E-state index in [0.717, 1.165) is 31.2 Å². The first kappa shape index (κ1) is 21.7. The zero-order chi connectivity index (χ0) is 22.0. The fourth-order valence-electron chi connectivity index (χ4n) is 3.58. The van der Waals surface area contributed by atoms with Crippen LogP contribution in [0.4, 0.5) is 15.2 Å². The summed E-state index contributed by atoms with van der Waals surface area (Å²) in [6, 6.07) is 6.29. The van der Waals surface area contributed by atoms with E-state index in [1.54, 1.807) is 29.1 Å². The molecule has 2 N–H and O–H groups in total. The maximum atomic E-state index is 14.0. The number of esters is 1. The topological polar surface area (TPSA) is 68.2 Å². The van der Waals surface area contributed by atoms with Crippen LogP contribution >= 0.6 is 35.2 Å². The van der Waals surface area contributed by atoms with Gasteiger partial charge in [0.05, 0.1) is 19.2 Å². The first-order valence-electron chi connectivity index (χ1n) is 9.73. The Balaban J connectivity index is 1.47. The van der Waals surface area contributed by atoms with Gasteiger partial charge in [-0.15, -0.1) is 11.3 Å². The molecule has 0 fully saturated rings. The first-order chi connectivity index (χ1) is 15.0. The Kier molecular flexibility index (Phi) is 6.54. The minimum Gasteiger partial charge on any atom is -0.465 e. The predicted octanol–water partition coefficient (Wildman–Crippen LogP) is 5.26. The molecular formula is C21H20ClFN4O2S2. The van der Waals surface area contributed by atoms with Crippen LogP contribution in [0.3, 0.4) is 0 Å². The highest BCUT2D eigenvalue weighted by Gasteiger charge is 2.26. The highest BCUT2D eigenvalue weighted by Crippen LogP contribution is 2.38. The van der Waals surface area contributed by atoms with Crippen LogP contribution in [0.1, 0.15) is 39.2 Å². The lowest BCUT2D eigenvalue weighted by Gasteiger charge is -2.12. The third kappa shape index (κ3) is 4.73. The molecule has 2 heterocycles. The number of halogens is 2. The number of benzene rings is 1. The van der Waals surface area contributed by atoms with E-state index in [2.05, 4.69) is 15.7 Å². The minimum atomic E-state index is -0.383. The molecule has 0 bridgehead atoms. The summed E-state index contributed by atoms with van der Waals surface area (Å²) < 4.78 is 20.6. The SMILES string of the molecule is COC(=O)c1c(NC(=S)Nc2ccn(Cc3c(F)cccc3Cl)n2)sc2c1CCCC2. The molecule has 162 valence electrons. The number of anilines is 2. The highest BCUT2D eigenvalue weighted by molar-refractivity contribution is 7.80. The van der Waals surface area contributed by atoms with Crippen molar-refractivity contribution >= 4 is 57.1 Å². The molecule has 0 amide bonds. The number of carbonyl (C=O) groups excluding carboxylic acids is 1. The third-order valence-corrected chi connectivity index (χ3v) is 6.82. The number of carbonyl (C=O) groups is 1. The van der Waals surface area contributed by atoms with E-state index in [1.165, 1.54) is 29.4 Å². The van der Waals surface area contributed by atoms with Gasteiger partial charge in [0.1, 0.15) is 10.8 Å². The number of hydrogen-bond donors (Lipinski definition) is 2. The van der Waals surface area contributed by atoms with Gasteiger partial charge in [0.15, 0.2) is 10.9 Å². The fraction of sp³-hybridized carbons (Fsp3) is 0.286. The Bertz CT molecular complexity index is 1120. The molecule has 0 spiro atoms. The van der Waals surface area contributed by atoms with Crippen molar-refractivity contribution in [2.75, 3.05) is 17.7 Å². The maximum Gasteiger partial charge on any atom is 0.341 e. The van der Waals surface area contributed by atoms with Gasteiger partial charge in [0, 0.05) is 27.7 Å². The molecular weight excluding hydrogens is 459 g/mol. The second-order valence-electron chi connectivity index (χ2n) is 7.08. The van der Waals surface area contributed by atoms with Crippen molar-refractivity contribution in [3.05, 3.63) is 62.9 Å². The maximum absolute atomic E-state index is 14.0. The second-order valence-corrected chi connectivity index (χ2v) is 9.01. The molecule has 0 aliphatic heterocycles. The Morgan fingerprint density at radius 1 is 1.32 bits per heavy atom. The van der Waals surface area contributed by atoms with Crippen LogP contribution in [0, 0.1) is 5.82 Å². The number of rotatable bonds is 5. The Morgan fingerprint density at radius 2 is 2.13 bits per heavy atom. The largest absolute Gasteiger partial charge is 0.465 e. The van der Waals surface area contributed by atoms with Gasteiger partial charge in [-0.3, -0.25) is 4.68 Å². The standard InChI is InChI=1S/C21H20ClFN4O2S2/c1-29-20(28)18-12-5-2-3-8-16(12)31-19(18)25-21(30)24-17-9-10-27(26-17)11-13-14(22)6-4-7-15(13)23/h4,6-7,9-10H,2-3,5,8,11H2,1H3,(H2,24,25,26,30). The number of nitrogens with one attached hydrogen (secondary N) is 2. The second kappa shape index (κ2) is 9.33. The molecule has 31 heavy (non-hydrogen) atoms. The number of aromatic nitrogens is 2. The van der Waals surface area contributed by atoms with Crippen molar-refractivity contribution in [3.8, 4) is 0 Å². The van der Waals surface area contributed by atoms with Crippen molar-refractivity contribution in [2.24, 2.45) is 0 Å². The summed E-state index contributed by atoms with van der Waals surface area (Å²) in [5.41, 5.74) is 1.98. The van der Waals surface area contributed by atoms with Gasteiger partial charge in [0.2, 0.25) is 0 Å². The molecule has 0 atom stereocenters. The number of thiophene rings is 1. The van der Waals surface area contributed by atoms with Crippen LogP contribution in [-0.2, 0) is 24.1 Å². The van der Waals surface area contributed by atoms with Crippen LogP contribution < -0.4 is 10.6 Å². The van der Waals surface area contributed by atoms with Gasteiger partial charge in [-0.05, 0) is 55.6 Å². The van der Waals surface area contributed by atoms with Crippen LogP contribution in [0.25, 0.3) is 0 Å². The van der Waals surface area contributed by atoms with E-state index < -0.39 is 0 Å². The fourth-order valence-corrected chi connectivity index (χ4v) is 5.36. The summed E-state index contributed by atoms with van der Waals surface area (Å²) >= 11 is 13.0. The number of thiocarbonyl (C=S) groups is 1. The number of hydrogen-bond acceptors (Lipinski definition) is 5. The lowest BCUT2D eigenvalue weighted by Crippen LogP contribution is -2.20. The van der Waals surface area contributed by atoms with Gasteiger partial charge in [-0.25, -0.2) is 9.18 Å². The van der Waals surface area contributed by atoms with Gasteiger partial charge in [-0.1, -0.05) is 17.7 Å². The number of fused-ring (bicyclic) bond motifs is 1. The molecule has 0 unspecified atom stereocenters. The van der Waals surface area contributed by atoms with E-state index >= 15 is 0 Å². The molecule has 0 radical (unpaired) electrons. The molecule has 2 aromatic heterocycles. The van der Waals surface area contributed by atoms with E-state index in [0.29, 0.717) is 32.1 Å². The molecule has 1 aliphatic carbocycles. The Labute approximate surface area is 193 Å². The van der Waals surface area contributed by atoms with E-state index in [-0.39, 0.29) is 18.3 Å². The highest BCUT2D eigenvalue weighted by atomic mass is 35.5. The molecule has 6 nitrogen and oxygen atoms in total. The van der Waals surface area contributed by atoms with Crippen molar-refractivity contribution < 1.29 is 13.9 Å². The van der Waals surface area contributed by atoms with Crippen molar-refractivity contribution in [1.82, 2.24) is 9.78 Å². The number of methoxy groups -OCH3 is 1. The average Bonchev–Trinajstić information content (AvgIpc) is 3.33. The van der Waals surface area contributed by atoms with Crippen LogP contribution in [0.2, 0.25) is 5.02 Å². The van der Waals surface area contributed by atoms with Crippen LogP contribution in [-0.4, -0.2) is 28.0 Å². The summed E-state index contributed by atoms with van der Waals surface area (Å²) in [4.78, 5) is 13.6. The number of nitrogens with zero attached hydrogens (tertiary/aromatic N) is 2. The summed E-state index contributed by atoms with van der Waals surface area (Å²) in [5.74, 6) is -0.256. The zero-order valence-electron chi connectivity index (χ0n) is 16.7. The summed E-state index contributed by atoms with van der Waals surface area (Å²) in [7, 11) is 1.38. The van der Waals surface area contributed by atoms with Crippen molar-refractivity contribution in [3.63, 3.8) is 0 Å². The predicted molar refractivity (Wildman–Crippen MR) is 125 cm³/mol. The van der Waals surface area contributed by atoms with E-state index in [4.69, 9.17) is 28.6 Å². The molecule has 0 saturated heterocycles. The average molecular weight is 479 g/mol. The zero-order valence-corrected chi connectivity index (χ0v) is 19.1.